The zero-order chi connectivity index (χ0) is 18.6. The molecule has 6 nitrogen and oxygen atoms in total. The molecule has 1 unspecified atom stereocenters. The molecule has 1 heterocycles. The van der Waals surface area contributed by atoms with Crippen LogP contribution >= 0.6 is 0 Å². The maximum Gasteiger partial charge on any atom is 0.258 e. The Hall–Kier alpha value is -2.24. The van der Waals surface area contributed by atoms with Crippen LogP contribution in [0, 0.1) is 5.92 Å². The summed E-state index contributed by atoms with van der Waals surface area (Å²) in [5.74, 6) is 2.37. The smallest absolute Gasteiger partial charge is 0.258 e. The molecular formula is C19H29N3O3. The molecule has 0 spiro atoms. The van der Waals surface area contributed by atoms with Crippen molar-refractivity contribution in [2.75, 3.05) is 32.2 Å². The highest BCUT2D eigenvalue weighted by atomic mass is 16.5. The van der Waals surface area contributed by atoms with Crippen LogP contribution in [-0.2, 0) is 4.79 Å². The summed E-state index contributed by atoms with van der Waals surface area (Å²) in [4.78, 5) is 21.6. The van der Waals surface area contributed by atoms with Crippen LogP contribution in [0.25, 0.3) is 0 Å². The van der Waals surface area contributed by atoms with Gasteiger partial charge in [0.25, 0.3) is 5.91 Å². The molecule has 25 heavy (non-hydrogen) atoms. The first-order valence-electron chi connectivity index (χ1n) is 8.85. The largest absolute Gasteiger partial charge is 0.493 e. The van der Waals surface area contributed by atoms with Crippen molar-refractivity contribution in [3.8, 4) is 11.5 Å². The predicted molar refractivity (Wildman–Crippen MR) is 101 cm³/mol. The second-order valence-electron chi connectivity index (χ2n) is 6.46. The van der Waals surface area contributed by atoms with Crippen molar-refractivity contribution < 1.29 is 14.3 Å². The van der Waals surface area contributed by atoms with E-state index in [4.69, 9.17) is 14.5 Å². The lowest BCUT2D eigenvalue weighted by atomic mass is 10.0. The van der Waals surface area contributed by atoms with E-state index in [1.54, 1.807) is 19.1 Å². The Bertz CT molecular complexity index is 639. The summed E-state index contributed by atoms with van der Waals surface area (Å²) in [6.45, 7) is 9.94. The first kappa shape index (κ1) is 19.1. The normalized spacial score (nSPS) is 17.1. The fraction of sp³-hybridized carbons (Fsp3) is 0.579. The number of methoxy groups -OCH3 is 2. The lowest BCUT2D eigenvalue weighted by Gasteiger charge is -2.28. The molecule has 0 fully saturated rings. The molecule has 1 aromatic carbocycles. The zero-order valence-electron chi connectivity index (χ0n) is 16.1. The lowest BCUT2D eigenvalue weighted by molar-refractivity contribution is -0.118. The van der Waals surface area contributed by atoms with Gasteiger partial charge in [-0.25, -0.2) is 9.89 Å². The van der Waals surface area contributed by atoms with E-state index in [1.165, 1.54) is 0 Å². The van der Waals surface area contributed by atoms with Gasteiger partial charge in [-0.3, -0.25) is 4.79 Å². The molecule has 0 aromatic heterocycles. The second-order valence-corrected chi connectivity index (χ2v) is 6.46. The van der Waals surface area contributed by atoms with Gasteiger partial charge in [0.05, 0.1) is 19.9 Å². The van der Waals surface area contributed by atoms with Gasteiger partial charge < -0.3 is 14.4 Å². The number of carbonyl (C=O) groups excluding carboxylic acids is 1. The number of aliphatic imine (C=N–C) groups is 1. The van der Waals surface area contributed by atoms with Gasteiger partial charge >= 0.3 is 0 Å². The van der Waals surface area contributed by atoms with Crippen molar-refractivity contribution >= 4 is 17.6 Å². The Kier molecular flexibility index (Phi) is 6.28. The van der Waals surface area contributed by atoms with Crippen molar-refractivity contribution in [2.45, 2.75) is 40.2 Å². The van der Waals surface area contributed by atoms with Gasteiger partial charge in [0.2, 0.25) is 5.96 Å². The van der Waals surface area contributed by atoms with Crippen molar-refractivity contribution in [3.63, 3.8) is 0 Å². The highest BCUT2D eigenvalue weighted by molar-refractivity contribution is 6.22. The number of ether oxygens (including phenoxy) is 2. The topological polar surface area (TPSA) is 54.4 Å². The Morgan fingerprint density at radius 3 is 2.32 bits per heavy atom. The van der Waals surface area contributed by atoms with Gasteiger partial charge in [-0.1, -0.05) is 13.8 Å². The monoisotopic (exact) mass is 347 g/mol. The molecule has 6 heteroatoms. The van der Waals surface area contributed by atoms with Crippen LogP contribution in [0.3, 0.4) is 0 Å². The fourth-order valence-electron chi connectivity index (χ4n) is 3.04. The molecule has 0 radical (unpaired) electrons. The highest BCUT2D eigenvalue weighted by Crippen LogP contribution is 2.34. The molecule has 0 aliphatic carbocycles. The minimum Gasteiger partial charge on any atom is -0.493 e. The molecule has 1 aliphatic rings. The Labute approximate surface area is 150 Å². The molecule has 1 amide bonds. The van der Waals surface area contributed by atoms with Crippen molar-refractivity contribution in [2.24, 2.45) is 10.9 Å². The summed E-state index contributed by atoms with van der Waals surface area (Å²) in [5.41, 5.74) is 0.750. The summed E-state index contributed by atoms with van der Waals surface area (Å²) in [5, 5.41) is 0. The van der Waals surface area contributed by atoms with E-state index >= 15 is 0 Å². The lowest BCUT2D eigenvalue weighted by Crippen LogP contribution is -2.44. The second kappa shape index (κ2) is 8.23. The minimum atomic E-state index is -0.330. The van der Waals surface area contributed by atoms with Gasteiger partial charge in [0.1, 0.15) is 6.04 Å². The quantitative estimate of drug-likeness (QED) is 0.760. The number of hydrogen-bond donors (Lipinski definition) is 0. The van der Waals surface area contributed by atoms with Gasteiger partial charge in [-0.05, 0) is 38.3 Å². The number of benzene rings is 1. The molecule has 2 rings (SSSR count). The Morgan fingerprint density at radius 1 is 1.16 bits per heavy atom. The molecule has 0 N–H and O–H groups in total. The summed E-state index contributed by atoms with van der Waals surface area (Å²) in [6, 6.07) is 5.18. The first-order valence-corrected chi connectivity index (χ1v) is 8.85. The molecule has 1 aliphatic heterocycles. The molecule has 0 bridgehead atoms. The molecular weight excluding hydrogens is 318 g/mol. The molecule has 1 atom stereocenters. The number of rotatable bonds is 7. The zero-order valence-corrected chi connectivity index (χ0v) is 16.1. The van der Waals surface area contributed by atoms with Gasteiger partial charge in [-0.2, -0.15) is 0 Å². The summed E-state index contributed by atoms with van der Waals surface area (Å²) < 4.78 is 10.7. The van der Waals surface area contributed by atoms with Crippen LogP contribution in [0.4, 0.5) is 5.69 Å². The average Bonchev–Trinajstić information content (AvgIpc) is 2.91. The van der Waals surface area contributed by atoms with Crippen LogP contribution in [0.2, 0.25) is 0 Å². The van der Waals surface area contributed by atoms with E-state index in [9.17, 15) is 4.79 Å². The average molecular weight is 347 g/mol. The minimum absolute atomic E-state index is 0.0165. The Balaban J connectivity index is 2.45. The third-order valence-corrected chi connectivity index (χ3v) is 4.34. The predicted octanol–water partition coefficient (Wildman–Crippen LogP) is 3.16. The molecule has 0 saturated heterocycles. The number of carbonyl (C=O) groups is 1. The molecule has 0 saturated carbocycles. The standard InChI is InChI=1S/C19H29N3O3/c1-7-21(8-2)19-20-15(11-13(3)4)18(23)22(19)14-9-10-16(24-5)17(12-14)25-6/h9-10,12-13,15H,7-8,11H2,1-6H3. The SMILES string of the molecule is CCN(CC)C1=NC(CC(C)C)C(=O)N1c1ccc(OC)c(OC)c1. The van der Waals surface area contributed by atoms with Gasteiger partial charge in [-0.15, -0.1) is 0 Å². The highest BCUT2D eigenvalue weighted by Gasteiger charge is 2.38. The van der Waals surface area contributed by atoms with Crippen LogP contribution < -0.4 is 14.4 Å². The van der Waals surface area contributed by atoms with Crippen molar-refractivity contribution in [1.82, 2.24) is 4.90 Å². The van der Waals surface area contributed by atoms with Crippen LogP contribution in [0.15, 0.2) is 23.2 Å². The van der Waals surface area contributed by atoms with E-state index in [1.807, 2.05) is 18.2 Å². The third-order valence-electron chi connectivity index (χ3n) is 4.34. The number of nitrogens with zero attached hydrogens (tertiary/aromatic N) is 3. The number of hydrogen-bond acceptors (Lipinski definition) is 5. The van der Waals surface area contributed by atoms with Crippen molar-refractivity contribution in [3.05, 3.63) is 18.2 Å². The number of anilines is 1. The summed E-state index contributed by atoms with van der Waals surface area (Å²) in [7, 11) is 3.19. The van der Waals surface area contributed by atoms with Crippen LogP contribution in [0.5, 0.6) is 11.5 Å². The third kappa shape index (κ3) is 3.89. The summed E-state index contributed by atoms with van der Waals surface area (Å²) >= 11 is 0. The molecule has 138 valence electrons. The number of amides is 1. The Morgan fingerprint density at radius 2 is 1.80 bits per heavy atom. The van der Waals surface area contributed by atoms with Crippen LogP contribution in [0.1, 0.15) is 34.1 Å². The van der Waals surface area contributed by atoms with E-state index in [2.05, 4.69) is 32.6 Å². The first-order chi connectivity index (χ1) is 12.0. The fourth-order valence-corrected chi connectivity index (χ4v) is 3.04. The van der Waals surface area contributed by atoms with E-state index in [0.29, 0.717) is 23.4 Å². The van der Waals surface area contributed by atoms with E-state index in [0.717, 1.165) is 25.2 Å². The van der Waals surface area contributed by atoms with E-state index < -0.39 is 0 Å². The maximum absolute atomic E-state index is 13.1. The maximum atomic E-state index is 13.1. The van der Waals surface area contributed by atoms with Crippen molar-refractivity contribution in [1.29, 1.82) is 0 Å². The van der Waals surface area contributed by atoms with Gasteiger partial charge in [0, 0.05) is 19.2 Å². The number of guanidine groups is 1. The van der Waals surface area contributed by atoms with Gasteiger partial charge in [0.15, 0.2) is 11.5 Å². The summed E-state index contributed by atoms with van der Waals surface area (Å²) in [6.07, 6.45) is 0.743. The van der Waals surface area contributed by atoms with Crippen LogP contribution in [-0.4, -0.2) is 50.1 Å². The van der Waals surface area contributed by atoms with E-state index in [-0.39, 0.29) is 11.9 Å². The molecule has 1 aromatic rings.